The number of halogens is 3. The summed E-state index contributed by atoms with van der Waals surface area (Å²) in [6.45, 7) is -0.355. The van der Waals surface area contributed by atoms with Crippen molar-refractivity contribution in [3.63, 3.8) is 0 Å². The minimum Gasteiger partial charge on any atom is -0.371 e. The zero-order chi connectivity index (χ0) is 19.5. The van der Waals surface area contributed by atoms with Gasteiger partial charge in [0.15, 0.2) is 0 Å². The Bertz CT molecular complexity index is 769. The second-order valence-electron chi connectivity index (χ2n) is 6.40. The maximum absolute atomic E-state index is 13.4. The van der Waals surface area contributed by atoms with Crippen LogP contribution in [0.2, 0.25) is 0 Å². The van der Waals surface area contributed by atoms with Crippen LogP contribution in [0.15, 0.2) is 23.1 Å². The fourth-order valence-electron chi connectivity index (χ4n) is 2.68. The molecule has 0 radical (unpaired) electrons. The highest BCUT2D eigenvalue weighted by Gasteiger charge is 2.29. The molecule has 154 valence electrons. The first-order valence-corrected chi connectivity index (χ1v) is 9.70. The van der Waals surface area contributed by atoms with Gasteiger partial charge in [-0.1, -0.05) is 0 Å². The first-order chi connectivity index (χ1) is 12.1. The highest BCUT2D eigenvalue weighted by molar-refractivity contribution is 7.89. The van der Waals surface area contributed by atoms with Crippen molar-refractivity contribution < 1.29 is 22.0 Å². The predicted molar refractivity (Wildman–Crippen MR) is 102 cm³/mol. The molecule has 0 bridgehead atoms. The Morgan fingerprint density at radius 3 is 2.41 bits per heavy atom. The average molecular weight is 427 g/mol. The fraction of sp³-hybridized carbons (Fsp3) is 0.562. The van der Waals surface area contributed by atoms with E-state index in [1.165, 1.54) is 26.2 Å². The number of alkyl halides is 2. The van der Waals surface area contributed by atoms with Gasteiger partial charge in [0, 0.05) is 32.9 Å². The monoisotopic (exact) mass is 426 g/mol. The summed E-state index contributed by atoms with van der Waals surface area (Å²) < 4.78 is 52.4. The molecule has 0 saturated carbocycles. The number of carbonyl (C=O) groups excluding carboxylic acids is 1. The van der Waals surface area contributed by atoms with E-state index in [1.807, 2.05) is 4.90 Å². The van der Waals surface area contributed by atoms with E-state index >= 15 is 0 Å². The third-order valence-corrected chi connectivity index (χ3v) is 6.06. The van der Waals surface area contributed by atoms with E-state index in [4.69, 9.17) is 5.73 Å². The molecule has 1 aromatic carbocycles. The minimum atomic E-state index is -3.75. The lowest BCUT2D eigenvalue weighted by atomic mass is 10.1. The number of nitrogens with two attached hydrogens (primary N) is 1. The number of rotatable bonds is 7. The van der Waals surface area contributed by atoms with Crippen molar-refractivity contribution in [3.8, 4) is 0 Å². The number of carbonyl (C=O) groups is 1. The Balaban J connectivity index is 0.00000364. The molecule has 27 heavy (non-hydrogen) atoms. The zero-order valence-corrected chi connectivity index (χ0v) is 16.9. The summed E-state index contributed by atoms with van der Waals surface area (Å²) in [5, 5.41) is 2.16. The molecule has 1 aromatic rings. The van der Waals surface area contributed by atoms with Crippen molar-refractivity contribution in [2.24, 2.45) is 5.73 Å². The van der Waals surface area contributed by atoms with E-state index in [9.17, 15) is 22.0 Å². The molecule has 0 unspecified atom stereocenters. The Hall–Kier alpha value is -1.49. The number of anilines is 1. The first-order valence-electron chi connectivity index (χ1n) is 8.26. The van der Waals surface area contributed by atoms with Gasteiger partial charge in [0.25, 0.3) is 11.8 Å². The molecular formula is C16H25ClF2N4O3S. The molecule has 2 rings (SSSR count). The molecule has 1 heterocycles. The maximum atomic E-state index is 13.4. The van der Waals surface area contributed by atoms with Gasteiger partial charge in [-0.05, 0) is 31.0 Å². The van der Waals surface area contributed by atoms with Gasteiger partial charge in [0.05, 0.1) is 23.5 Å². The molecule has 11 heteroatoms. The number of sulfonamides is 1. The molecule has 1 aliphatic rings. The molecule has 1 fully saturated rings. The van der Waals surface area contributed by atoms with E-state index in [-0.39, 0.29) is 22.9 Å². The van der Waals surface area contributed by atoms with Gasteiger partial charge >= 0.3 is 0 Å². The lowest BCUT2D eigenvalue weighted by Gasteiger charge is -2.23. The highest BCUT2D eigenvalue weighted by atomic mass is 35.5. The largest absolute Gasteiger partial charge is 0.371 e. The van der Waals surface area contributed by atoms with Gasteiger partial charge in [-0.15, -0.1) is 12.4 Å². The van der Waals surface area contributed by atoms with Crippen molar-refractivity contribution in [2.45, 2.75) is 23.7 Å². The van der Waals surface area contributed by atoms with Gasteiger partial charge < -0.3 is 16.0 Å². The van der Waals surface area contributed by atoms with Crippen molar-refractivity contribution in [1.29, 1.82) is 0 Å². The summed E-state index contributed by atoms with van der Waals surface area (Å²) in [4.78, 5) is 14.4. The van der Waals surface area contributed by atoms with Crippen molar-refractivity contribution in [1.82, 2.24) is 9.62 Å². The van der Waals surface area contributed by atoms with Crippen LogP contribution in [0, 0.1) is 0 Å². The second kappa shape index (κ2) is 9.13. The second-order valence-corrected chi connectivity index (χ2v) is 8.56. The molecule has 0 aromatic heterocycles. The molecule has 0 spiro atoms. The van der Waals surface area contributed by atoms with E-state index in [0.717, 1.165) is 30.2 Å². The SMILES string of the molecule is CN(C)S(=O)(=O)c1ccc(N2CCCC2)c(C(=O)NCC(F)(F)CN)c1.Cl. The summed E-state index contributed by atoms with van der Waals surface area (Å²) in [5.41, 5.74) is 5.57. The van der Waals surface area contributed by atoms with Crippen LogP contribution < -0.4 is 16.0 Å². The van der Waals surface area contributed by atoms with Crippen LogP contribution in [-0.2, 0) is 10.0 Å². The molecule has 7 nitrogen and oxygen atoms in total. The van der Waals surface area contributed by atoms with Crippen LogP contribution in [0.5, 0.6) is 0 Å². The van der Waals surface area contributed by atoms with Crippen molar-refractivity contribution in [2.75, 3.05) is 45.2 Å². The van der Waals surface area contributed by atoms with Gasteiger partial charge in [0.2, 0.25) is 10.0 Å². The molecular weight excluding hydrogens is 402 g/mol. The number of nitrogens with zero attached hydrogens (tertiary/aromatic N) is 2. The summed E-state index contributed by atoms with van der Waals surface area (Å²) in [6, 6.07) is 4.21. The van der Waals surface area contributed by atoms with Gasteiger partial charge in [-0.2, -0.15) is 0 Å². The summed E-state index contributed by atoms with van der Waals surface area (Å²) >= 11 is 0. The van der Waals surface area contributed by atoms with E-state index in [1.54, 1.807) is 6.07 Å². The Kier molecular flexibility index (Phi) is 7.97. The summed E-state index contributed by atoms with van der Waals surface area (Å²) in [7, 11) is -0.994. The topological polar surface area (TPSA) is 95.7 Å². The van der Waals surface area contributed by atoms with Crippen LogP contribution in [-0.4, -0.2) is 64.8 Å². The molecule has 1 aliphatic heterocycles. The quantitative estimate of drug-likeness (QED) is 0.684. The third-order valence-electron chi connectivity index (χ3n) is 4.24. The standard InChI is InChI=1S/C16H24F2N4O3S.ClH/c1-21(2)26(24,25)12-5-6-14(22-7-3-4-8-22)13(9-12)15(23)20-11-16(17,18)10-19;/h5-6,9H,3-4,7-8,10-11,19H2,1-2H3,(H,20,23);1H. The molecule has 1 saturated heterocycles. The number of benzene rings is 1. The number of nitrogens with one attached hydrogen (secondary N) is 1. The number of hydrogen-bond donors (Lipinski definition) is 2. The van der Waals surface area contributed by atoms with E-state index in [2.05, 4.69) is 5.32 Å². The Morgan fingerprint density at radius 2 is 1.89 bits per heavy atom. The van der Waals surface area contributed by atoms with Crippen LogP contribution in [0.1, 0.15) is 23.2 Å². The van der Waals surface area contributed by atoms with Crippen molar-refractivity contribution >= 4 is 34.0 Å². The Morgan fingerprint density at radius 1 is 1.30 bits per heavy atom. The van der Waals surface area contributed by atoms with E-state index < -0.39 is 34.9 Å². The Labute approximate surface area is 164 Å². The summed E-state index contributed by atoms with van der Waals surface area (Å²) in [6.07, 6.45) is 1.90. The molecule has 0 atom stereocenters. The predicted octanol–water partition coefficient (Wildman–Crippen LogP) is 1.28. The normalized spacial score (nSPS) is 15.0. The van der Waals surface area contributed by atoms with Gasteiger partial charge in [0.1, 0.15) is 0 Å². The number of hydrogen-bond acceptors (Lipinski definition) is 5. The van der Waals surface area contributed by atoms with Crippen LogP contribution in [0.3, 0.4) is 0 Å². The number of amides is 1. The van der Waals surface area contributed by atoms with Crippen LogP contribution in [0.4, 0.5) is 14.5 Å². The third kappa shape index (κ3) is 5.50. The summed E-state index contributed by atoms with van der Waals surface area (Å²) in [5.74, 6) is -3.98. The maximum Gasteiger partial charge on any atom is 0.277 e. The first kappa shape index (κ1) is 23.5. The van der Waals surface area contributed by atoms with Gasteiger partial charge in [-0.25, -0.2) is 21.5 Å². The van der Waals surface area contributed by atoms with Gasteiger partial charge in [-0.3, -0.25) is 4.79 Å². The molecule has 0 aliphatic carbocycles. The lowest BCUT2D eigenvalue weighted by molar-refractivity contribution is 0.0118. The zero-order valence-electron chi connectivity index (χ0n) is 15.2. The average Bonchev–Trinajstić information content (AvgIpc) is 3.13. The highest BCUT2D eigenvalue weighted by Crippen LogP contribution is 2.28. The fourth-order valence-corrected chi connectivity index (χ4v) is 3.61. The van der Waals surface area contributed by atoms with E-state index in [0.29, 0.717) is 5.69 Å². The van der Waals surface area contributed by atoms with Crippen LogP contribution >= 0.6 is 12.4 Å². The van der Waals surface area contributed by atoms with Crippen molar-refractivity contribution in [3.05, 3.63) is 23.8 Å². The molecule has 3 N–H and O–H groups in total. The molecule has 1 amide bonds. The minimum absolute atomic E-state index is 0. The lowest BCUT2D eigenvalue weighted by Crippen LogP contribution is -2.42. The van der Waals surface area contributed by atoms with Crippen LogP contribution in [0.25, 0.3) is 0 Å². The smallest absolute Gasteiger partial charge is 0.277 e.